The minimum absolute atomic E-state index is 0.0855. The van der Waals surface area contributed by atoms with Crippen LogP contribution in [0.15, 0.2) is 24.3 Å². The van der Waals surface area contributed by atoms with Crippen LogP contribution in [-0.4, -0.2) is 41.5 Å². The minimum Gasteiger partial charge on any atom is -0.481 e. The van der Waals surface area contributed by atoms with Crippen LogP contribution in [0.1, 0.15) is 39.2 Å². The molecule has 1 aromatic rings. The Bertz CT molecular complexity index is 561. The number of rotatable bonds is 4. The lowest BCUT2D eigenvalue weighted by Crippen LogP contribution is -2.42. The van der Waals surface area contributed by atoms with Gasteiger partial charge in [-0.05, 0) is 42.5 Å². The Hall–Kier alpha value is -1.88. The van der Waals surface area contributed by atoms with Crippen LogP contribution in [0.2, 0.25) is 0 Å². The lowest BCUT2D eigenvalue weighted by Gasteiger charge is -2.29. The van der Waals surface area contributed by atoms with Crippen LogP contribution >= 0.6 is 0 Å². The largest absolute Gasteiger partial charge is 0.481 e. The zero-order valence-corrected chi connectivity index (χ0v) is 14.1. The smallest absolute Gasteiger partial charge is 0.307 e. The average Bonchev–Trinajstić information content (AvgIpc) is 2.47. The van der Waals surface area contributed by atoms with Crippen molar-refractivity contribution in [2.45, 2.75) is 39.0 Å². The zero-order chi connectivity index (χ0) is 17.0. The number of nitrogens with one attached hydrogen (secondary N) is 1. The maximum atomic E-state index is 12.1. The molecule has 1 aliphatic rings. The summed E-state index contributed by atoms with van der Waals surface area (Å²) in [6.07, 6.45) is 1.52. The molecule has 1 saturated heterocycles. The fourth-order valence-corrected chi connectivity index (χ4v) is 2.86. The number of anilines is 1. The predicted octanol–water partition coefficient (Wildman–Crippen LogP) is 2.72. The number of amides is 1. The third-order valence-electron chi connectivity index (χ3n) is 4.26. The summed E-state index contributed by atoms with van der Waals surface area (Å²) in [5.74, 6) is -1.23. The zero-order valence-electron chi connectivity index (χ0n) is 14.1. The quantitative estimate of drug-likeness (QED) is 0.895. The van der Waals surface area contributed by atoms with Gasteiger partial charge in [-0.3, -0.25) is 14.5 Å². The average molecular weight is 318 g/mol. The van der Waals surface area contributed by atoms with Gasteiger partial charge in [0.15, 0.2) is 0 Å². The molecule has 0 aliphatic carbocycles. The van der Waals surface area contributed by atoms with Gasteiger partial charge in [-0.15, -0.1) is 0 Å². The molecule has 0 spiro atoms. The van der Waals surface area contributed by atoms with E-state index in [0.717, 1.165) is 18.7 Å². The molecule has 2 N–H and O–H groups in total. The van der Waals surface area contributed by atoms with Crippen molar-refractivity contribution >= 4 is 17.6 Å². The maximum Gasteiger partial charge on any atom is 0.307 e. The van der Waals surface area contributed by atoms with Gasteiger partial charge < -0.3 is 10.4 Å². The van der Waals surface area contributed by atoms with Crippen LogP contribution < -0.4 is 5.32 Å². The van der Waals surface area contributed by atoms with E-state index >= 15 is 0 Å². The molecule has 126 valence electrons. The maximum absolute atomic E-state index is 12.1. The molecule has 0 bridgehead atoms. The fourth-order valence-electron chi connectivity index (χ4n) is 2.86. The van der Waals surface area contributed by atoms with Crippen molar-refractivity contribution < 1.29 is 14.7 Å². The van der Waals surface area contributed by atoms with Gasteiger partial charge >= 0.3 is 5.97 Å². The summed E-state index contributed by atoms with van der Waals surface area (Å²) >= 11 is 0. The SMILES string of the molecule is CC(C)(C)c1ccc(NC(=O)CN2CCCC(C(=O)O)C2)cc1. The lowest BCUT2D eigenvalue weighted by atomic mass is 9.87. The Balaban J connectivity index is 1.88. The highest BCUT2D eigenvalue weighted by atomic mass is 16.4. The Kier molecular flexibility index (Phi) is 5.42. The number of benzene rings is 1. The van der Waals surface area contributed by atoms with Gasteiger partial charge in [-0.2, -0.15) is 0 Å². The molecule has 2 rings (SSSR count). The van der Waals surface area contributed by atoms with Crippen molar-refractivity contribution in [3.8, 4) is 0 Å². The molecule has 1 fully saturated rings. The monoisotopic (exact) mass is 318 g/mol. The molecule has 23 heavy (non-hydrogen) atoms. The predicted molar refractivity (Wildman–Crippen MR) is 90.6 cm³/mol. The number of carbonyl (C=O) groups is 2. The Morgan fingerprint density at radius 3 is 2.48 bits per heavy atom. The standard InChI is InChI=1S/C18H26N2O3/c1-18(2,3)14-6-8-15(9-7-14)19-16(21)12-20-10-4-5-13(11-20)17(22)23/h6-9,13H,4-5,10-12H2,1-3H3,(H,19,21)(H,22,23). The van der Waals surface area contributed by atoms with Gasteiger partial charge in [0.25, 0.3) is 0 Å². The topological polar surface area (TPSA) is 69.6 Å². The van der Waals surface area contributed by atoms with Gasteiger partial charge in [0, 0.05) is 12.2 Å². The normalized spacial score (nSPS) is 19.3. The van der Waals surface area contributed by atoms with Crippen molar-refractivity contribution in [3.63, 3.8) is 0 Å². The van der Waals surface area contributed by atoms with E-state index < -0.39 is 5.97 Å². The first-order valence-corrected chi connectivity index (χ1v) is 8.11. The first-order chi connectivity index (χ1) is 10.8. The van der Waals surface area contributed by atoms with Gasteiger partial charge in [-0.25, -0.2) is 0 Å². The summed E-state index contributed by atoms with van der Waals surface area (Å²) < 4.78 is 0. The number of aliphatic carboxylic acids is 1. The molecule has 1 unspecified atom stereocenters. The van der Waals surface area contributed by atoms with Crippen molar-refractivity contribution in [1.82, 2.24) is 4.90 Å². The van der Waals surface area contributed by atoms with Crippen molar-refractivity contribution in [3.05, 3.63) is 29.8 Å². The summed E-state index contributed by atoms with van der Waals surface area (Å²) in [7, 11) is 0. The van der Waals surface area contributed by atoms with Crippen LogP contribution in [0.4, 0.5) is 5.69 Å². The van der Waals surface area contributed by atoms with E-state index in [2.05, 4.69) is 26.1 Å². The Labute approximate surface area is 137 Å². The van der Waals surface area contributed by atoms with Gasteiger partial charge in [0.2, 0.25) is 5.91 Å². The number of carbonyl (C=O) groups excluding carboxylic acids is 1. The molecule has 0 saturated carbocycles. The fraction of sp³-hybridized carbons (Fsp3) is 0.556. The molecule has 5 heteroatoms. The molecule has 1 amide bonds. The van der Waals surface area contributed by atoms with E-state index in [1.807, 2.05) is 29.2 Å². The second-order valence-electron chi connectivity index (χ2n) is 7.29. The van der Waals surface area contributed by atoms with E-state index in [4.69, 9.17) is 5.11 Å². The highest BCUT2D eigenvalue weighted by Gasteiger charge is 2.26. The number of piperidine rings is 1. The van der Waals surface area contributed by atoms with E-state index in [-0.39, 0.29) is 23.8 Å². The van der Waals surface area contributed by atoms with E-state index in [9.17, 15) is 9.59 Å². The molecule has 1 heterocycles. The Morgan fingerprint density at radius 1 is 1.26 bits per heavy atom. The molecule has 0 aromatic heterocycles. The number of carboxylic acid groups (broad SMARTS) is 1. The second kappa shape index (κ2) is 7.13. The number of hydrogen-bond acceptors (Lipinski definition) is 3. The van der Waals surface area contributed by atoms with Crippen LogP contribution in [0.5, 0.6) is 0 Å². The summed E-state index contributed by atoms with van der Waals surface area (Å²) in [6.45, 7) is 7.91. The van der Waals surface area contributed by atoms with Crippen molar-refractivity contribution in [2.75, 3.05) is 25.0 Å². The molecule has 1 atom stereocenters. The molecular weight excluding hydrogens is 292 g/mol. The third-order valence-corrected chi connectivity index (χ3v) is 4.26. The molecule has 0 radical (unpaired) electrons. The summed E-state index contributed by atoms with van der Waals surface area (Å²) in [6, 6.07) is 7.87. The summed E-state index contributed by atoms with van der Waals surface area (Å²) in [5.41, 5.74) is 2.08. The van der Waals surface area contributed by atoms with E-state index in [1.165, 1.54) is 5.56 Å². The molecular formula is C18H26N2O3. The van der Waals surface area contributed by atoms with Crippen LogP contribution in [0.25, 0.3) is 0 Å². The molecule has 1 aliphatic heterocycles. The highest BCUT2D eigenvalue weighted by molar-refractivity contribution is 5.92. The second-order valence-corrected chi connectivity index (χ2v) is 7.29. The highest BCUT2D eigenvalue weighted by Crippen LogP contribution is 2.23. The van der Waals surface area contributed by atoms with E-state index in [1.54, 1.807) is 0 Å². The van der Waals surface area contributed by atoms with Crippen LogP contribution in [0, 0.1) is 5.92 Å². The third kappa shape index (κ3) is 5.06. The minimum atomic E-state index is -0.770. The number of hydrogen-bond donors (Lipinski definition) is 2. The lowest BCUT2D eigenvalue weighted by molar-refractivity contribution is -0.144. The van der Waals surface area contributed by atoms with Crippen LogP contribution in [-0.2, 0) is 15.0 Å². The Morgan fingerprint density at radius 2 is 1.91 bits per heavy atom. The molecule has 5 nitrogen and oxygen atoms in total. The summed E-state index contributed by atoms with van der Waals surface area (Å²) in [5, 5.41) is 12.0. The first kappa shape index (κ1) is 17.5. The molecule has 1 aromatic carbocycles. The number of carboxylic acids is 1. The van der Waals surface area contributed by atoms with Crippen LogP contribution in [0.3, 0.4) is 0 Å². The van der Waals surface area contributed by atoms with Gasteiger partial charge in [0.1, 0.15) is 0 Å². The van der Waals surface area contributed by atoms with Crippen molar-refractivity contribution in [2.24, 2.45) is 5.92 Å². The van der Waals surface area contributed by atoms with E-state index in [0.29, 0.717) is 13.0 Å². The van der Waals surface area contributed by atoms with Crippen molar-refractivity contribution in [1.29, 1.82) is 0 Å². The summed E-state index contributed by atoms with van der Waals surface area (Å²) in [4.78, 5) is 25.1. The number of nitrogens with zero attached hydrogens (tertiary/aromatic N) is 1. The first-order valence-electron chi connectivity index (χ1n) is 8.11. The van der Waals surface area contributed by atoms with Gasteiger partial charge in [-0.1, -0.05) is 32.9 Å². The number of likely N-dealkylation sites (tertiary alicyclic amines) is 1. The van der Waals surface area contributed by atoms with Gasteiger partial charge in [0.05, 0.1) is 12.5 Å².